The van der Waals surface area contributed by atoms with Crippen molar-refractivity contribution in [3.63, 3.8) is 0 Å². The molecule has 10 heteroatoms. The summed E-state index contributed by atoms with van der Waals surface area (Å²) in [5.41, 5.74) is 11.4. The zero-order valence-electron chi connectivity index (χ0n) is 7.63. The maximum absolute atomic E-state index is 10.5. The SMILES string of the molecule is Cc1[nH]nc(C(N)=O)c1N.O=S(=O)(O)O. The Kier molecular flexibility index (Phi) is 4.21. The molecule has 0 aliphatic rings. The minimum atomic E-state index is -4.67. The fraction of sp³-hybridized carbons (Fsp3) is 0.200. The number of nitrogens with two attached hydrogens (primary N) is 2. The molecule has 1 heterocycles. The molecule has 0 spiro atoms. The van der Waals surface area contributed by atoms with Crippen LogP contribution in [0.3, 0.4) is 0 Å². The molecule has 0 unspecified atom stereocenters. The Morgan fingerprint density at radius 3 is 2.00 bits per heavy atom. The molecule has 0 aliphatic heterocycles. The van der Waals surface area contributed by atoms with Gasteiger partial charge in [0.15, 0.2) is 5.69 Å². The van der Waals surface area contributed by atoms with E-state index in [1.54, 1.807) is 6.92 Å². The summed E-state index contributed by atoms with van der Waals surface area (Å²) < 4.78 is 31.6. The van der Waals surface area contributed by atoms with Gasteiger partial charge in [0, 0.05) is 0 Å². The minimum absolute atomic E-state index is 0.109. The fourth-order valence-electron chi connectivity index (χ4n) is 0.626. The summed E-state index contributed by atoms with van der Waals surface area (Å²) >= 11 is 0. The van der Waals surface area contributed by atoms with Crippen molar-refractivity contribution in [3.8, 4) is 0 Å². The Hall–Kier alpha value is -1.65. The van der Waals surface area contributed by atoms with Crippen LogP contribution in [0.5, 0.6) is 0 Å². The monoisotopic (exact) mass is 238 g/mol. The quantitative estimate of drug-likeness (QED) is 0.380. The predicted molar refractivity (Wildman–Crippen MR) is 50.4 cm³/mol. The molecule has 0 saturated heterocycles. The highest BCUT2D eigenvalue weighted by Crippen LogP contribution is 2.10. The largest absolute Gasteiger partial charge is 0.395 e. The van der Waals surface area contributed by atoms with Gasteiger partial charge in [-0.25, -0.2) is 0 Å². The molecule has 1 aromatic heterocycles. The molecule has 15 heavy (non-hydrogen) atoms. The molecule has 0 aliphatic carbocycles. The van der Waals surface area contributed by atoms with Crippen LogP contribution in [0, 0.1) is 6.92 Å². The molecular formula is C5H10N4O5S. The maximum atomic E-state index is 10.5. The van der Waals surface area contributed by atoms with Crippen molar-refractivity contribution in [2.75, 3.05) is 5.73 Å². The van der Waals surface area contributed by atoms with Crippen molar-refractivity contribution < 1.29 is 22.3 Å². The van der Waals surface area contributed by atoms with Gasteiger partial charge < -0.3 is 11.5 Å². The van der Waals surface area contributed by atoms with Gasteiger partial charge in [0.2, 0.25) is 0 Å². The minimum Gasteiger partial charge on any atom is -0.395 e. The number of aryl methyl sites for hydroxylation is 1. The molecule has 1 amide bonds. The number of nitrogens with one attached hydrogen (secondary N) is 1. The summed E-state index contributed by atoms with van der Waals surface area (Å²) in [5.74, 6) is -0.609. The highest BCUT2D eigenvalue weighted by Gasteiger charge is 2.10. The molecule has 1 rings (SSSR count). The molecule has 9 nitrogen and oxygen atoms in total. The van der Waals surface area contributed by atoms with Crippen LogP contribution in [-0.2, 0) is 10.4 Å². The number of carbonyl (C=O) groups excluding carboxylic acids is 1. The van der Waals surface area contributed by atoms with Crippen molar-refractivity contribution in [3.05, 3.63) is 11.4 Å². The molecule has 0 bridgehead atoms. The van der Waals surface area contributed by atoms with Gasteiger partial charge in [0.05, 0.1) is 11.4 Å². The van der Waals surface area contributed by atoms with Gasteiger partial charge in [-0.05, 0) is 6.92 Å². The maximum Gasteiger partial charge on any atom is 0.394 e. The number of nitrogens with zero attached hydrogens (tertiary/aromatic N) is 1. The van der Waals surface area contributed by atoms with E-state index < -0.39 is 16.3 Å². The van der Waals surface area contributed by atoms with Crippen molar-refractivity contribution in [2.45, 2.75) is 6.92 Å². The Labute approximate surface area is 85.0 Å². The summed E-state index contributed by atoms with van der Waals surface area (Å²) in [4.78, 5) is 10.5. The average Bonchev–Trinajstić information content (AvgIpc) is 2.29. The molecule has 86 valence electrons. The van der Waals surface area contributed by atoms with E-state index in [-0.39, 0.29) is 5.69 Å². The Balaban J connectivity index is 0.000000336. The number of rotatable bonds is 1. The number of hydrogen-bond acceptors (Lipinski definition) is 5. The standard InChI is InChI=1S/C5H8N4O.H2O4S/c1-2-3(6)4(5(7)10)9-8-2;1-5(2,3)4/h6H2,1H3,(H2,7,10)(H,8,9);(H2,1,2,3,4). The summed E-state index contributed by atoms with van der Waals surface area (Å²) in [7, 11) is -4.67. The molecule has 0 radical (unpaired) electrons. The Morgan fingerprint density at radius 1 is 1.47 bits per heavy atom. The Morgan fingerprint density at radius 2 is 1.87 bits per heavy atom. The van der Waals surface area contributed by atoms with E-state index in [0.717, 1.165) is 0 Å². The summed E-state index contributed by atoms with van der Waals surface area (Å²) in [5, 5.41) is 6.13. The van der Waals surface area contributed by atoms with Crippen molar-refractivity contribution in [1.29, 1.82) is 0 Å². The second-order valence-electron chi connectivity index (χ2n) is 2.42. The van der Waals surface area contributed by atoms with Crippen LogP contribution in [0.1, 0.15) is 16.2 Å². The number of carbonyl (C=O) groups is 1. The zero-order valence-corrected chi connectivity index (χ0v) is 8.45. The van der Waals surface area contributed by atoms with Gasteiger partial charge in [0.1, 0.15) is 0 Å². The van der Waals surface area contributed by atoms with E-state index in [1.807, 2.05) is 0 Å². The number of hydrogen-bond donors (Lipinski definition) is 5. The molecule has 0 saturated carbocycles. The number of nitrogen functional groups attached to an aromatic ring is 1. The lowest BCUT2D eigenvalue weighted by Crippen LogP contribution is -2.13. The van der Waals surface area contributed by atoms with Gasteiger partial charge in [-0.3, -0.25) is 19.0 Å². The third kappa shape index (κ3) is 5.61. The van der Waals surface area contributed by atoms with Gasteiger partial charge in [-0.2, -0.15) is 13.5 Å². The number of amides is 1. The van der Waals surface area contributed by atoms with Crippen LogP contribution in [0.25, 0.3) is 0 Å². The second-order valence-corrected chi connectivity index (χ2v) is 3.32. The highest BCUT2D eigenvalue weighted by molar-refractivity contribution is 7.79. The van der Waals surface area contributed by atoms with Crippen LogP contribution < -0.4 is 11.5 Å². The lowest BCUT2D eigenvalue weighted by molar-refractivity contribution is 0.0996. The molecular weight excluding hydrogens is 228 g/mol. The average molecular weight is 238 g/mol. The van der Waals surface area contributed by atoms with Crippen LogP contribution in [0.15, 0.2) is 0 Å². The third-order valence-corrected chi connectivity index (χ3v) is 1.23. The van der Waals surface area contributed by atoms with Crippen LogP contribution in [0.2, 0.25) is 0 Å². The fourth-order valence-corrected chi connectivity index (χ4v) is 0.626. The number of H-pyrrole nitrogens is 1. The smallest absolute Gasteiger partial charge is 0.394 e. The van der Waals surface area contributed by atoms with E-state index >= 15 is 0 Å². The normalized spacial score (nSPS) is 10.3. The van der Waals surface area contributed by atoms with E-state index in [2.05, 4.69) is 10.2 Å². The first-order valence-corrected chi connectivity index (χ1v) is 4.82. The molecule has 0 fully saturated rings. The van der Waals surface area contributed by atoms with Crippen LogP contribution in [0.4, 0.5) is 5.69 Å². The van der Waals surface area contributed by atoms with Gasteiger partial charge in [-0.15, -0.1) is 0 Å². The second kappa shape index (κ2) is 4.72. The van der Waals surface area contributed by atoms with E-state index in [9.17, 15) is 4.79 Å². The molecule has 0 atom stereocenters. The number of aromatic nitrogens is 2. The molecule has 0 aromatic carbocycles. The predicted octanol–water partition coefficient (Wildman–Crippen LogP) is -1.25. The van der Waals surface area contributed by atoms with Gasteiger partial charge in [-0.1, -0.05) is 0 Å². The Bertz CT molecular complexity index is 442. The summed E-state index contributed by atoms with van der Waals surface area (Å²) in [6, 6.07) is 0. The lowest BCUT2D eigenvalue weighted by atomic mass is 10.3. The summed E-state index contributed by atoms with van der Waals surface area (Å²) in [6.07, 6.45) is 0. The molecule has 1 aromatic rings. The number of anilines is 1. The number of primary amides is 1. The molecule has 7 N–H and O–H groups in total. The van der Waals surface area contributed by atoms with Gasteiger partial charge >= 0.3 is 10.4 Å². The van der Waals surface area contributed by atoms with Crippen LogP contribution in [-0.4, -0.2) is 33.6 Å². The zero-order chi connectivity index (χ0) is 12.2. The van der Waals surface area contributed by atoms with Gasteiger partial charge in [0.25, 0.3) is 5.91 Å². The van der Waals surface area contributed by atoms with E-state index in [1.165, 1.54) is 0 Å². The van der Waals surface area contributed by atoms with E-state index in [0.29, 0.717) is 11.4 Å². The third-order valence-electron chi connectivity index (χ3n) is 1.23. The van der Waals surface area contributed by atoms with Crippen molar-refractivity contribution >= 4 is 22.0 Å². The van der Waals surface area contributed by atoms with Crippen molar-refractivity contribution in [1.82, 2.24) is 10.2 Å². The topological polar surface area (TPSA) is 172 Å². The van der Waals surface area contributed by atoms with Crippen LogP contribution >= 0.6 is 0 Å². The first kappa shape index (κ1) is 13.4. The summed E-state index contributed by atoms with van der Waals surface area (Å²) in [6.45, 7) is 1.72. The lowest BCUT2D eigenvalue weighted by Gasteiger charge is -1.88. The number of aromatic amines is 1. The van der Waals surface area contributed by atoms with Crippen molar-refractivity contribution in [2.24, 2.45) is 5.73 Å². The van der Waals surface area contributed by atoms with E-state index in [4.69, 9.17) is 29.0 Å². The first-order chi connectivity index (χ1) is 6.63. The highest BCUT2D eigenvalue weighted by atomic mass is 32.3. The first-order valence-electron chi connectivity index (χ1n) is 3.43.